The van der Waals surface area contributed by atoms with Crippen LogP contribution in [0.25, 0.3) is 0 Å². The zero-order chi connectivity index (χ0) is 8.69. The number of esters is 1. The molecule has 0 bridgehead atoms. The number of hydrogen-bond donors (Lipinski definition) is 0. The second-order valence-electron chi connectivity index (χ2n) is 1.58. The molecule has 0 saturated heterocycles. The lowest BCUT2D eigenvalue weighted by Gasteiger charge is -1.97. The molecule has 3 heteroatoms. The first-order chi connectivity index (χ1) is 5.26. The molecule has 0 radical (unpaired) electrons. The van der Waals surface area contributed by atoms with Gasteiger partial charge >= 0.3 is 5.97 Å². The molecule has 0 fully saturated rings. The average Bonchev–Trinajstić information content (AvgIpc) is 2.00. The van der Waals surface area contributed by atoms with Crippen molar-refractivity contribution in [2.75, 3.05) is 6.61 Å². The van der Waals surface area contributed by atoms with Crippen molar-refractivity contribution < 1.29 is 14.3 Å². The molecule has 0 aromatic rings. The topological polar surface area (TPSA) is 43.4 Å². The maximum Gasteiger partial charge on any atom is 0.346 e. The van der Waals surface area contributed by atoms with Crippen molar-refractivity contribution in [2.45, 2.75) is 6.92 Å². The molecule has 0 heterocycles. The molecule has 0 aliphatic carbocycles. The molecule has 11 heavy (non-hydrogen) atoms. The van der Waals surface area contributed by atoms with E-state index in [-0.39, 0.29) is 12.2 Å². The molecule has 0 rings (SSSR count). The summed E-state index contributed by atoms with van der Waals surface area (Å²) in [5, 5.41) is 0. The van der Waals surface area contributed by atoms with Gasteiger partial charge in [-0.1, -0.05) is 5.92 Å². The highest BCUT2D eigenvalue weighted by Gasteiger charge is 2.05. The van der Waals surface area contributed by atoms with Crippen LogP contribution in [-0.2, 0) is 14.3 Å². The van der Waals surface area contributed by atoms with Crippen LogP contribution < -0.4 is 0 Å². The Bertz CT molecular complexity index is 220. The van der Waals surface area contributed by atoms with Crippen molar-refractivity contribution in [3.63, 3.8) is 0 Å². The van der Waals surface area contributed by atoms with Crippen LogP contribution in [0.3, 0.4) is 0 Å². The summed E-state index contributed by atoms with van der Waals surface area (Å²) in [6.07, 6.45) is 6.36. The van der Waals surface area contributed by atoms with Crippen LogP contribution in [0, 0.1) is 12.3 Å². The molecule has 0 aliphatic heterocycles. The maximum atomic E-state index is 10.8. The summed E-state index contributed by atoms with van der Waals surface area (Å²) in [4.78, 5) is 20.7. The molecule has 0 spiro atoms. The zero-order valence-electron chi connectivity index (χ0n) is 6.16. The van der Waals surface area contributed by atoms with Crippen LogP contribution in [0.1, 0.15) is 6.92 Å². The molecule has 0 saturated carbocycles. The largest absolute Gasteiger partial charge is 0.462 e. The van der Waals surface area contributed by atoms with E-state index in [2.05, 4.69) is 4.74 Å². The van der Waals surface area contributed by atoms with Gasteiger partial charge in [-0.15, -0.1) is 6.42 Å². The molecule has 3 nitrogen and oxygen atoms in total. The van der Waals surface area contributed by atoms with E-state index in [0.717, 1.165) is 6.08 Å². The minimum Gasteiger partial charge on any atom is -0.462 e. The number of terminal acetylenes is 1. The first kappa shape index (κ1) is 9.44. The highest BCUT2D eigenvalue weighted by Crippen LogP contribution is 1.93. The Morgan fingerprint density at radius 2 is 2.36 bits per heavy atom. The third-order valence-electron chi connectivity index (χ3n) is 0.886. The molecular weight excluding hydrogens is 144 g/mol. The van der Waals surface area contributed by atoms with Gasteiger partial charge in [0, 0.05) is 6.08 Å². The van der Waals surface area contributed by atoms with E-state index < -0.39 is 5.97 Å². The second kappa shape index (κ2) is 5.24. The SMILES string of the molecule is C#C/C(=C\C=O)C(=O)OCC. The number of carbonyl (C=O) groups is 2. The van der Waals surface area contributed by atoms with Crippen molar-refractivity contribution in [3.8, 4) is 12.3 Å². The van der Waals surface area contributed by atoms with Crippen LogP contribution in [0.15, 0.2) is 11.6 Å². The van der Waals surface area contributed by atoms with Gasteiger partial charge in [-0.25, -0.2) is 4.79 Å². The van der Waals surface area contributed by atoms with Crippen LogP contribution in [0.5, 0.6) is 0 Å². The fourth-order valence-corrected chi connectivity index (χ4v) is 0.452. The van der Waals surface area contributed by atoms with Gasteiger partial charge in [-0.2, -0.15) is 0 Å². The standard InChI is InChI=1S/C8H8O3/c1-3-7(5-6-9)8(10)11-4-2/h1,5-6H,4H2,2H3/b7-5+. The summed E-state index contributed by atoms with van der Waals surface area (Å²) in [6, 6.07) is 0. The Morgan fingerprint density at radius 3 is 2.73 bits per heavy atom. The lowest BCUT2D eigenvalue weighted by molar-refractivity contribution is -0.138. The van der Waals surface area contributed by atoms with E-state index in [1.165, 1.54) is 0 Å². The van der Waals surface area contributed by atoms with Gasteiger partial charge in [-0.05, 0) is 6.92 Å². The minimum atomic E-state index is -0.637. The highest BCUT2D eigenvalue weighted by molar-refractivity contribution is 5.96. The van der Waals surface area contributed by atoms with Crippen molar-refractivity contribution >= 4 is 12.3 Å². The quantitative estimate of drug-likeness (QED) is 0.253. The van der Waals surface area contributed by atoms with E-state index >= 15 is 0 Å². The lowest BCUT2D eigenvalue weighted by Crippen LogP contribution is -2.06. The Morgan fingerprint density at radius 1 is 1.73 bits per heavy atom. The summed E-state index contributed by atoms with van der Waals surface area (Å²) in [7, 11) is 0. The number of ether oxygens (including phenoxy) is 1. The average molecular weight is 152 g/mol. The summed E-state index contributed by atoms with van der Waals surface area (Å²) in [6.45, 7) is 1.91. The number of rotatable bonds is 3. The fraction of sp³-hybridized carbons (Fsp3) is 0.250. The Balaban J connectivity index is 4.29. The summed E-state index contributed by atoms with van der Waals surface area (Å²) in [5.41, 5.74) is -0.0538. The van der Waals surface area contributed by atoms with E-state index in [4.69, 9.17) is 6.42 Å². The van der Waals surface area contributed by atoms with Gasteiger partial charge in [0.05, 0.1) is 6.61 Å². The first-order valence-corrected chi connectivity index (χ1v) is 3.05. The number of hydrogen-bond acceptors (Lipinski definition) is 3. The summed E-state index contributed by atoms with van der Waals surface area (Å²) in [5.74, 6) is 1.41. The molecule has 0 amide bonds. The number of carbonyl (C=O) groups excluding carboxylic acids is 2. The second-order valence-corrected chi connectivity index (χ2v) is 1.58. The smallest absolute Gasteiger partial charge is 0.346 e. The Labute approximate surface area is 65.0 Å². The molecule has 0 aromatic carbocycles. The lowest BCUT2D eigenvalue weighted by atomic mass is 10.3. The predicted octanol–water partition coefficient (Wildman–Crippen LogP) is 0.308. The van der Waals surface area contributed by atoms with Crippen LogP contribution in [0.2, 0.25) is 0 Å². The van der Waals surface area contributed by atoms with Crippen molar-refractivity contribution in [2.24, 2.45) is 0 Å². The highest BCUT2D eigenvalue weighted by atomic mass is 16.5. The molecule has 0 aliphatic rings. The van der Waals surface area contributed by atoms with Crippen molar-refractivity contribution in [1.82, 2.24) is 0 Å². The van der Waals surface area contributed by atoms with Crippen molar-refractivity contribution in [1.29, 1.82) is 0 Å². The van der Waals surface area contributed by atoms with Gasteiger partial charge < -0.3 is 4.74 Å². The van der Waals surface area contributed by atoms with E-state index in [1.807, 2.05) is 5.92 Å². The molecule has 0 aromatic heterocycles. The van der Waals surface area contributed by atoms with Gasteiger partial charge in [0.1, 0.15) is 11.9 Å². The summed E-state index contributed by atoms with van der Waals surface area (Å²) < 4.78 is 4.54. The minimum absolute atomic E-state index is 0.0538. The number of allylic oxidation sites excluding steroid dienone is 1. The van der Waals surface area contributed by atoms with Crippen LogP contribution in [0.4, 0.5) is 0 Å². The Kier molecular flexibility index (Phi) is 4.50. The molecule has 0 unspecified atom stereocenters. The van der Waals surface area contributed by atoms with Crippen LogP contribution in [-0.4, -0.2) is 18.9 Å². The molecule has 0 N–H and O–H groups in total. The maximum absolute atomic E-state index is 10.8. The van der Waals surface area contributed by atoms with Crippen LogP contribution >= 0.6 is 0 Å². The third kappa shape index (κ3) is 3.21. The van der Waals surface area contributed by atoms with E-state index in [1.54, 1.807) is 6.92 Å². The molecular formula is C8H8O3. The zero-order valence-corrected chi connectivity index (χ0v) is 6.16. The van der Waals surface area contributed by atoms with Gasteiger partial charge in [-0.3, -0.25) is 4.79 Å². The predicted molar refractivity (Wildman–Crippen MR) is 39.6 cm³/mol. The normalized spacial score (nSPS) is 10.0. The van der Waals surface area contributed by atoms with Gasteiger partial charge in [0.2, 0.25) is 0 Å². The third-order valence-corrected chi connectivity index (χ3v) is 0.886. The number of aldehydes is 1. The van der Waals surface area contributed by atoms with Gasteiger partial charge in [0.15, 0.2) is 0 Å². The molecule has 58 valence electrons. The summed E-state index contributed by atoms with van der Waals surface area (Å²) >= 11 is 0. The van der Waals surface area contributed by atoms with Gasteiger partial charge in [0.25, 0.3) is 0 Å². The molecule has 0 atom stereocenters. The fourth-order valence-electron chi connectivity index (χ4n) is 0.452. The van der Waals surface area contributed by atoms with E-state index in [9.17, 15) is 9.59 Å². The van der Waals surface area contributed by atoms with E-state index in [0.29, 0.717) is 6.29 Å². The Hall–Kier alpha value is -1.56. The van der Waals surface area contributed by atoms with Crippen molar-refractivity contribution in [3.05, 3.63) is 11.6 Å². The first-order valence-electron chi connectivity index (χ1n) is 3.05. The monoisotopic (exact) mass is 152 g/mol.